The molecule has 0 saturated heterocycles. The van der Waals surface area contributed by atoms with Crippen LogP contribution in [0.3, 0.4) is 0 Å². The highest BCUT2D eigenvalue weighted by atomic mass is 16.5. The molecule has 0 aliphatic rings. The number of hydrogen-bond acceptors (Lipinski definition) is 3. The molecular weight excluding hydrogens is 238 g/mol. The lowest BCUT2D eigenvalue weighted by Crippen LogP contribution is -2.13. The van der Waals surface area contributed by atoms with E-state index in [1.165, 1.54) is 5.56 Å². The molecule has 0 spiro atoms. The Balaban J connectivity index is 2.61. The van der Waals surface area contributed by atoms with Crippen molar-refractivity contribution in [3.8, 4) is 11.5 Å². The van der Waals surface area contributed by atoms with Crippen LogP contribution in [0.5, 0.6) is 11.5 Å². The predicted molar refractivity (Wildman–Crippen MR) is 80.2 cm³/mol. The number of nitrogens with zero attached hydrogens (tertiary/aromatic N) is 1. The molecule has 0 heterocycles. The Kier molecular flexibility index (Phi) is 6.71. The first kappa shape index (κ1) is 15.8. The maximum Gasteiger partial charge on any atom is 0.161 e. The molecule has 0 aliphatic carbocycles. The van der Waals surface area contributed by atoms with Gasteiger partial charge in [0.2, 0.25) is 0 Å². The van der Waals surface area contributed by atoms with Crippen molar-refractivity contribution in [2.24, 2.45) is 5.92 Å². The molecule has 0 radical (unpaired) electrons. The van der Waals surface area contributed by atoms with Crippen molar-refractivity contribution in [1.82, 2.24) is 4.90 Å². The van der Waals surface area contributed by atoms with Gasteiger partial charge in [-0.25, -0.2) is 0 Å². The smallest absolute Gasteiger partial charge is 0.161 e. The van der Waals surface area contributed by atoms with E-state index in [1.807, 2.05) is 6.07 Å². The molecule has 0 saturated carbocycles. The minimum atomic E-state index is 0.518. The van der Waals surface area contributed by atoms with Gasteiger partial charge in [-0.05, 0) is 57.1 Å². The zero-order valence-electron chi connectivity index (χ0n) is 12.9. The van der Waals surface area contributed by atoms with E-state index in [0.717, 1.165) is 37.5 Å². The monoisotopic (exact) mass is 265 g/mol. The molecule has 3 heteroatoms. The van der Waals surface area contributed by atoms with Crippen LogP contribution in [0, 0.1) is 5.92 Å². The molecule has 1 aromatic carbocycles. The van der Waals surface area contributed by atoms with Crippen LogP contribution in [0.1, 0.15) is 25.8 Å². The van der Waals surface area contributed by atoms with Crippen molar-refractivity contribution in [1.29, 1.82) is 0 Å². The van der Waals surface area contributed by atoms with Gasteiger partial charge >= 0.3 is 0 Å². The molecule has 1 aromatic rings. The van der Waals surface area contributed by atoms with Crippen LogP contribution in [-0.2, 0) is 6.42 Å². The molecule has 0 bridgehead atoms. The molecule has 0 aliphatic heterocycles. The largest absolute Gasteiger partial charge is 0.493 e. The van der Waals surface area contributed by atoms with Gasteiger partial charge in [0, 0.05) is 0 Å². The van der Waals surface area contributed by atoms with Crippen LogP contribution >= 0.6 is 0 Å². The Morgan fingerprint density at radius 2 is 1.89 bits per heavy atom. The van der Waals surface area contributed by atoms with E-state index in [9.17, 15) is 0 Å². The molecule has 0 unspecified atom stereocenters. The highest BCUT2D eigenvalue weighted by Gasteiger charge is 2.07. The third-order valence-corrected chi connectivity index (χ3v) is 2.87. The van der Waals surface area contributed by atoms with E-state index < -0.39 is 0 Å². The third-order valence-electron chi connectivity index (χ3n) is 2.87. The van der Waals surface area contributed by atoms with E-state index in [4.69, 9.17) is 9.47 Å². The summed E-state index contributed by atoms with van der Waals surface area (Å²) in [4.78, 5) is 2.21. The number of aryl methyl sites for hydroxylation is 1. The topological polar surface area (TPSA) is 21.7 Å². The summed E-state index contributed by atoms with van der Waals surface area (Å²) in [5.74, 6) is 2.19. The fraction of sp³-hybridized carbons (Fsp3) is 0.625. The molecule has 1 rings (SSSR count). The van der Waals surface area contributed by atoms with Gasteiger partial charge in [-0.1, -0.05) is 19.9 Å². The predicted octanol–water partition coefficient (Wildman–Crippen LogP) is 3.22. The lowest BCUT2D eigenvalue weighted by atomic mass is 10.1. The summed E-state index contributed by atoms with van der Waals surface area (Å²) in [6.07, 6.45) is 2.22. The van der Waals surface area contributed by atoms with Crippen molar-refractivity contribution < 1.29 is 9.47 Å². The second-order valence-electron chi connectivity index (χ2n) is 5.60. The zero-order chi connectivity index (χ0) is 14.3. The van der Waals surface area contributed by atoms with Crippen molar-refractivity contribution >= 4 is 0 Å². The summed E-state index contributed by atoms with van der Waals surface area (Å²) < 4.78 is 11.2. The van der Waals surface area contributed by atoms with Gasteiger partial charge in [0.25, 0.3) is 0 Å². The first-order chi connectivity index (χ1) is 9.02. The fourth-order valence-corrected chi connectivity index (χ4v) is 1.84. The molecule has 0 N–H and O–H groups in total. The minimum absolute atomic E-state index is 0.518. The van der Waals surface area contributed by atoms with Crippen LogP contribution in [0.4, 0.5) is 0 Å². The van der Waals surface area contributed by atoms with Crippen LogP contribution in [0.15, 0.2) is 18.2 Å². The van der Waals surface area contributed by atoms with Crippen LogP contribution in [0.2, 0.25) is 0 Å². The van der Waals surface area contributed by atoms with Crippen LogP contribution < -0.4 is 9.47 Å². The maximum atomic E-state index is 5.75. The molecule has 0 amide bonds. The minimum Gasteiger partial charge on any atom is -0.493 e. The average Bonchev–Trinajstić information content (AvgIpc) is 2.36. The van der Waals surface area contributed by atoms with Crippen molar-refractivity contribution in [3.63, 3.8) is 0 Å². The lowest BCUT2D eigenvalue weighted by molar-refractivity contribution is 0.256. The summed E-state index contributed by atoms with van der Waals surface area (Å²) >= 11 is 0. The summed E-state index contributed by atoms with van der Waals surface area (Å²) in [5.41, 5.74) is 1.30. The summed E-state index contributed by atoms with van der Waals surface area (Å²) in [7, 11) is 5.90. The number of ether oxygens (including phenoxy) is 2. The van der Waals surface area contributed by atoms with Gasteiger partial charge in [0.05, 0.1) is 13.7 Å². The molecular formula is C16H27NO2. The van der Waals surface area contributed by atoms with E-state index in [-0.39, 0.29) is 0 Å². The van der Waals surface area contributed by atoms with Crippen LogP contribution in [-0.4, -0.2) is 39.3 Å². The standard InChI is InChI=1S/C16H27NO2/c1-13(2)12-19-15-9-8-14(11-16(15)18-5)7-6-10-17(3)4/h8-9,11,13H,6-7,10,12H2,1-5H3. The quantitative estimate of drug-likeness (QED) is 0.720. The Bertz CT molecular complexity index is 375. The number of benzene rings is 1. The summed E-state index contributed by atoms with van der Waals surface area (Å²) in [5, 5.41) is 0. The number of rotatable bonds is 8. The first-order valence-corrected chi connectivity index (χ1v) is 6.97. The molecule has 108 valence electrons. The molecule has 3 nitrogen and oxygen atoms in total. The summed E-state index contributed by atoms with van der Waals surface area (Å²) in [6, 6.07) is 6.24. The molecule has 0 atom stereocenters. The van der Waals surface area contributed by atoms with E-state index in [1.54, 1.807) is 7.11 Å². The Hall–Kier alpha value is -1.22. The third kappa shape index (κ3) is 5.97. The Morgan fingerprint density at radius 1 is 1.16 bits per heavy atom. The average molecular weight is 265 g/mol. The highest BCUT2D eigenvalue weighted by Crippen LogP contribution is 2.28. The van der Waals surface area contributed by atoms with E-state index >= 15 is 0 Å². The van der Waals surface area contributed by atoms with Crippen molar-refractivity contribution in [3.05, 3.63) is 23.8 Å². The normalized spacial score (nSPS) is 11.1. The van der Waals surface area contributed by atoms with Crippen molar-refractivity contribution in [2.45, 2.75) is 26.7 Å². The summed E-state index contributed by atoms with van der Waals surface area (Å²) in [6.45, 7) is 6.11. The fourth-order valence-electron chi connectivity index (χ4n) is 1.84. The SMILES string of the molecule is COc1cc(CCCN(C)C)ccc1OCC(C)C. The second-order valence-corrected chi connectivity index (χ2v) is 5.60. The van der Waals surface area contributed by atoms with Gasteiger partial charge in [0.1, 0.15) is 0 Å². The Labute approximate surface area is 117 Å². The van der Waals surface area contributed by atoms with Crippen LogP contribution in [0.25, 0.3) is 0 Å². The lowest BCUT2D eigenvalue weighted by Gasteiger charge is -2.14. The van der Waals surface area contributed by atoms with Crippen molar-refractivity contribution in [2.75, 3.05) is 34.4 Å². The van der Waals surface area contributed by atoms with Gasteiger partial charge in [-0.3, -0.25) is 0 Å². The Morgan fingerprint density at radius 3 is 2.47 bits per heavy atom. The van der Waals surface area contributed by atoms with Gasteiger partial charge < -0.3 is 14.4 Å². The number of methoxy groups -OCH3 is 1. The van der Waals surface area contributed by atoms with Gasteiger partial charge in [0.15, 0.2) is 11.5 Å². The highest BCUT2D eigenvalue weighted by molar-refractivity contribution is 5.43. The molecule has 0 fully saturated rings. The maximum absolute atomic E-state index is 5.75. The second kappa shape index (κ2) is 8.05. The molecule has 19 heavy (non-hydrogen) atoms. The zero-order valence-corrected chi connectivity index (χ0v) is 12.9. The molecule has 0 aromatic heterocycles. The van der Waals surface area contributed by atoms with E-state index in [0.29, 0.717) is 5.92 Å². The first-order valence-electron chi connectivity index (χ1n) is 6.97. The van der Waals surface area contributed by atoms with Gasteiger partial charge in [-0.2, -0.15) is 0 Å². The van der Waals surface area contributed by atoms with E-state index in [2.05, 4.69) is 45.0 Å². The van der Waals surface area contributed by atoms with Gasteiger partial charge in [-0.15, -0.1) is 0 Å². The number of hydrogen-bond donors (Lipinski definition) is 0.